The van der Waals surface area contributed by atoms with Crippen molar-refractivity contribution in [3.63, 3.8) is 0 Å². The Labute approximate surface area is 138 Å². The molecule has 0 bridgehead atoms. The quantitative estimate of drug-likeness (QED) is 0.848. The van der Waals surface area contributed by atoms with Gasteiger partial charge in [-0.1, -0.05) is 6.08 Å². The minimum absolute atomic E-state index is 0.0225. The first-order valence-corrected chi connectivity index (χ1v) is 7.97. The first-order valence-electron chi connectivity index (χ1n) is 7.97. The van der Waals surface area contributed by atoms with E-state index in [4.69, 9.17) is 4.74 Å². The highest BCUT2D eigenvalue weighted by molar-refractivity contribution is 5.88. The van der Waals surface area contributed by atoms with Crippen molar-refractivity contribution >= 4 is 16.8 Å². The predicted octanol–water partition coefficient (Wildman–Crippen LogP) is 3.60. The topological polar surface area (TPSA) is 67.9 Å². The minimum Gasteiger partial charge on any atom is -0.474 e. The number of hydrogen-bond acceptors (Lipinski definition) is 4. The fraction of sp³-hybridized carbons (Fsp3) is 0.471. The van der Waals surface area contributed by atoms with Crippen LogP contribution >= 0.6 is 0 Å². The summed E-state index contributed by atoms with van der Waals surface area (Å²) in [5.41, 5.74) is 1.53. The summed E-state index contributed by atoms with van der Waals surface area (Å²) in [5, 5.41) is 0.739. The Morgan fingerprint density at radius 2 is 2.17 bits per heavy atom. The lowest BCUT2D eigenvalue weighted by Gasteiger charge is -2.28. The highest BCUT2D eigenvalue weighted by Gasteiger charge is 2.36. The maximum atomic E-state index is 13.3. The van der Waals surface area contributed by atoms with Gasteiger partial charge in [0.2, 0.25) is 11.8 Å². The van der Waals surface area contributed by atoms with Gasteiger partial charge in [-0.2, -0.15) is 0 Å². The molecule has 1 aliphatic rings. The van der Waals surface area contributed by atoms with Gasteiger partial charge in [0, 0.05) is 19.0 Å². The Kier molecular flexibility index (Phi) is 4.59. The van der Waals surface area contributed by atoms with E-state index in [1.807, 2.05) is 0 Å². The lowest BCUT2D eigenvalue weighted by Crippen LogP contribution is -2.31. The number of ether oxygens (including phenoxy) is 1. The highest BCUT2D eigenvalue weighted by atomic mass is 19.3. The molecule has 5 nitrogen and oxygen atoms in total. The van der Waals surface area contributed by atoms with Crippen molar-refractivity contribution in [1.29, 1.82) is 0 Å². The molecule has 0 amide bonds. The van der Waals surface area contributed by atoms with Crippen LogP contribution in [0.15, 0.2) is 24.7 Å². The molecule has 1 N–H and O–H groups in total. The Balaban J connectivity index is 1.80. The average molecular weight is 335 g/mol. The van der Waals surface area contributed by atoms with Crippen LogP contribution in [0.2, 0.25) is 0 Å². The van der Waals surface area contributed by atoms with Crippen LogP contribution in [0.3, 0.4) is 0 Å². The summed E-state index contributed by atoms with van der Waals surface area (Å²) >= 11 is 0. The Morgan fingerprint density at radius 3 is 2.88 bits per heavy atom. The molecule has 1 saturated carbocycles. The van der Waals surface area contributed by atoms with E-state index in [1.54, 1.807) is 12.3 Å². The molecule has 7 heteroatoms. The summed E-state index contributed by atoms with van der Waals surface area (Å²) in [4.78, 5) is 22.4. The van der Waals surface area contributed by atoms with Gasteiger partial charge < -0.3 is 9.72 Å². The first kappa shape index (κ1) is 16.5. The maximum Gasteiger partial charge on any atom is 0.248 e. The lowest BCUT2D eigenvalue weighted by molar-refractivity contribution is -0.112. The second kappa shape index (κ2) is 6.67. The van der Waals surface area contributed by atoms with E-state index in [0.717, 1.165) is 10.9 Å². The molecule has 0 saturated heterocycles. The average Bonchev–Trinajstić information content (AvgIpc) is 2.93. The molecule has 2 aromatic rings. The molecular formula is C17H19F2N3O2. The first-order chi connectivity index (χ1) is 11.4. The van der Waals surface area contributed by atoms with E-state index in [1.165, 1.54) is 19.3 Å². The number of halogens is 2. The number of carbonyl (C=O) groups excluding carboxylic acids is 1. The molecule has 1 aliphatic carbocycles. The number of nitrogens with zero attached hydrogens (tertiary/aromatic N) is 2. The van der Waals surface area contributed by atoms with Crippen LogP contribution in [0.25, 0.3) is 11.0 Å². The van der Waals surface area contributed by atoms with Crippen LogP contribution in [0.1, 0.15) is 38.2 Å². The number of fused-ring (bicyclic) bond motifs is 1. The summed E-state index contributed by atoms with van der Waals surface area (Å²) in [6.45, 7) is 1.49. The lowest BCUT2D eigenvalue weighted by atomic mass is 9.94. The zero-order valence-corrected chi connectivity index (χ0v) is 13.4. The fourth-order valence-electron chi connectivity index (χ4n) is 2.89. The predicted molar refractivity (Wildman–Crippen MR) is 85.2 cm³/mol. The molecule has 128 valence electrons. The van der Waals surface area contributed by atoms with Gasteiger partial charge in [0.25, 0.3) is 0 Å². The van der Waals surface area contributed by atoms with Crippen molar-refractivity contribution < 1.29 is 18.3 Å². The number of carbonyl (C=O) groups is 1. The Hall–Kier alpha value is -2.31. The van der Waals surface area contributed by atoms with Crippen LogP contribution in [-0.2, 0) is 11.2 Å². The summed E-state index contributed by atoms with van der Waals surface area (Å²) in [7, 11) is 0. The summed E-state index contributed by atoms with van der Waals surface area (Å²) in [5.74, 6) is -2.20. The van der Waals surface area contributed by atoms with Crippen molar-refractivity contribution in [3.05, 3.63) is 30.2 Å². The largest absolute Gasteiger partial charge is 0.474 e. The SMILES string of the molecule is CC(=O)C=CCc1c[nH]c2ncnc(OC3CCC(F)(F)CC3)c12. The molecule has 24 heavy (non-hydrogen) atoms. The van der Waals surface area contributed by atoms with Crippen molar-refractivity contribution in [2.24, 2.45) is 0 Å². The third-order valence-corrected chi connectivity index (χ3v) is 4.15. The van der Waals surface area contributed by atoms with Crippen LogP contribution in [0.4, 0.5) is 8.78 Å². The molecule has 0 spiro atoms. The van der Waals surface area contributed by atoms with Crippen LogP contribution in [-0.4, -0.2) is 32.8 Å². The van der Waals surface area contributed by atoms with E-state index in [0.29, 0.717) is 30.8 Å². The molecule has 0 atom stereocenters. The number of rotatable bonds is 5. The Bertz CT molecular complexity index is 760. The van der Waals surface area contributed by atoms with Gasteiger partial charge in [-0.25, -0.2) is 18.7 Å². The number of allylic oxidation sites excluding steroid dienone is 2. The van der Waals surface area contributed by atoms with E-state index < -0.39 is 5.92 Å². The number of aromatic amines is 1. The third kappa shape index (κ3) is 3.77. The smallest absolute Gasteiger partial charge is 0.248 e. The van der Waals surface area contributed by atoms with E-state index >= 15 is 0 Å². The van der Waals surface area contributed by atoms with Gasteiger partial charge in [-0.15, -0.1) is 0 Å². The number of hydrogen-bond donors (Lipinski definition) is 1. The van der Waals surface area contributed by atoms with Crippen LogP contribution in [0.5, 0.6) is 5.88 Å². The molecule has 0 unspecified atom stereocenters. The zero-order valence-electron chi connectivity index (χ0n) is 13.4. The minimum atomic E-state index is -2.59. The number of ketones is 1. The fourth-order valence-corrected chi connectivity index (χ4v) is 2.89. The van der Waals surface area contributed by atoms with Crippen molar-refractivity contribution in [2.75, 3.05) is 0 Å². The monoisotopic (exact) mass is 335 g/mol. The van der Waals surface area contributed by atoms with E-state index in [2.05, 4.69) is 15.0 Å². The van der Waals surface area contributed by atoms with Gasteiger partial charge in [0.05, 0.1) is 5.39 Å². The zero-order chi connectivity index (χ0) is 17.2. The van der Waals surface area contributed by atoms with Crippen molar-refractivity contribution in [1.82, 2.24) is 15.0 Å². The Morgan fingerprint density at radius 1 is 1.42 bits per heavy atom. The van der Waals surface area contributed by atoms with Gasteiger partial charge in [0.15, 0.2) is 5.78 Å². The number of alkyl halides is 2. The summed E-state index contributed by atoms with van der Waals surface area (Å²) < 4.78 is 32.4. The molecule has 0 radical (unpaired) electrons. The number of aromatic nitrogens is 3. The molecule has 0 aromatic carbocycles. The molecule has 3 rings (SSSR count). The third-order valence-electron chi connectivity index (χ3n) is 4.15. The van der Waals surface area contributed by atoms with Gasteiger partial charge in [0.1, 0.15) is 18.1 Å². The van der Waals surface area contributed by atoms with Gasteiger partial charge in [-0.3, -0.25) is 4.79 Å². The van der Waals surface area contributed by atoms with Crippen LogP contribution in [0, 0.1) is 0 Å². The summed E-state index contributed by atoms with van der Waals surface area (Å²) in [6, 6.07) is 0. The molecule has 2 aromatic heterocycles. The van der Waals surface area contributed by atoms with Crippen molar-refractivity contribution in [2.45, 2.75) is 51.1 Å². The standard InChI is InChI=1S/C17H19F2N3O2/c1-11(23)3-2-4-12-9-20-15-14(12)16(22-10-21-15)24-13-5-7-17(18,19)8-6-13/h2-3,9-10,13H,4-8H2,1H3,(H,20,21,22). The number of nitrogens with one attached hydrogen (secondary N) is 1. The maximum absolute atomic E-state index is 13.3. The second-order valence-corrected chi connectivity index (χ2v) is 6.11. The molecule has 1 fully saturated rings. The molecular weight excluding hydrogens is 316 g/mol. The highest BCUT2D eigenvalue weighted by Crippen LogP contribution is 2.35. The van der Waals surface area contributed by atoms with Crippen LogP contribution < -0.4 is 4.74 Å². The molecule has 0 aliphatic heterocycles. The molecule has 2 heterocycles. The summed E-state index contributed by atoms with van der Waals surface area (Å²) in [6.07, 6.45) is 7.03. The number of H-pyrrole nitrogens is 1. The normalized spacial score (nSPS) is 18.3. The van der Waals surface area contributed by atoms with E-state index in [-0.39, 0.29) is 24.7 Å². The van der Waals surface area contributed by atoms with Gasteiger partial charge in [-0.05, 0) is 37.8 Å². The van der Waals surface area contributed by atoms with E-state index in [9.17, 15) is 13.6 Å². The second-order valence-electron chi connectivity index (χ2n) is 6.11. The van der Waals surface area contributed by atoms with Gasteiger partial charge >= 0.3 is 0 Å². The van der Waals surface area contributed by atoms with Crippen molar-refractivity contribution in [3.8, 4) is 5.88 Å².